The van der Waals surface area contributed by atoms with E-state index in [0.29, 0.717) is 32.7 Å². The molecule has 1 aromatic carbocycles. The van der Waals surface area contributed by atoms with Gasteiger partial charge in [-0.05, 0) is 24.5 Å². The van der Waals surface area contributed by atoms with Crippen molar-refractivity contribution < 1.29 is 14.3 Å². The van der Waals surface area contributed by atoms with Crippen molar-refractivity contribution in [2.75, 3.05) is 32.0 Å². The zero-order valence-corrected chi connectivity index (χ0v) is 15.5. The Hall–Kier alpha value is -2.44. The topological polar surface area (TPSA) is 111 Å². The van der Waals surface area contributed by atoms with Gasteiger partial charge in [-0.25, -0.2) is 9.97 Å². The molecule has 7 nitrogen and oxygen atoms in total. The summed E-state index contributed by atoms with van der Waals surface area (Å²) in [5, 5.41) is 10.2. The Morgan fingerprint density at radius 3 is 2.52 bits per heavy atom. The molecule has 0 aliphatic heterocycles. The number of ether oxygens (including phenoxy) is 2. The Morgan fingerprint density at radius 1 is 1.24 bits per heavy atom. The molecule has 0 saturated heterocycles. The third kappa shape index (κ3) is 4.35. The van der Waals surface area contributed by atoms with E-state index >= 15 is 0 Å². The lowest BCUT2D eigenvalue weighted by Gasteiger charge is -2.09. The van der Waals surface area contributed by atoms with Crippen LogP contribution in [0.15, 0.2) is 28.3 Å². The van der Waals surface area contributed by atoms with Gasteiger partial charge in [-0.2, -0.15) is 5.26 Å². The number of methoxy groups -OCH3 is 2. The van der Waals surface area contributed by atoms with Gasteiger partial charge in [0.25, 0.3) is 0 Å². The van der Waals surface area contributed by atoms with Crippen LogP contribution in [0.1, 0.15) is 15.9 Å². The van der Waals surface area contributed by atoms with Gasteiger partial charge in [0.05, 0.1) is 20.0 Å². The molecular weight excluding hydrogens is 360 g/mol. The van der Waals surface area contributed by atoms with Gasteiger partial charge in [0, 0.05) is 5.56 Å². The minimum absolute atomic E-state index is 0.0735. The first-order valence-electron chi connectivity index (χ1n) is 7.03. The molecule has 25 heavy (non-hydrogen) atoms. The van der Waals surface area contributed by atoms with Crippen LogP contribution in [0.3, 0.4) is 0 Å². The Balaban J connectivity index is 2.21. The van der Waals surface area contributed by atoms with E-state index in [4.69, 9.17) is 15.2 Å². The molecule has 0 amide bonds. The molecule has 0 radical (unpaired) electrons. The third-order valence-corrected chi connectivity index (χ3v) is 4.87. The molecule has 1 aromatic heterocycles. The first kappa shape index (κ1) is 18.9. The number of carbonyl (C=O) groups excluding carboxylic acids is 1. The van der Waals surface area contributed by atoms with Crippen LogP contribution < -0.4 is 15.2 Å². The smallest absolute Gasteiger partial charge is 0.222 e. The Kier molecular flexibility index (Phi) is 6.50. The molecule has 0 spiro atoms. The molecule has 0 saturated carbocycles. The number of hydrogen-bond acceptors (Lipinski definition) is 9. The highest BCUT2D eigenvalue weighted by Gasteiger charge is 2.16. The fraction of sp³-hybridized carbons (Fsp3) is 0.250. The first-order valence-corrected chi connectivity index (χ1v) is 9.24. The normalized spacial score (nSPS) is 10.2. The molecule has 1 heterocycles. The highest BCUT2D eigenvalue weighted by molar-refractivity contribution is 8.00. The lowest BCUT2D eigenvalue weighted by Crippen LogP contribution is -2.06. The summed E-state index contributed by atoms with van der Waals surface area (Å²) in [5.74, 6) is 1.08. The molecule has 2 rings (SSSR count). The Bertz CT molecular complexity index is 837. The van der Waals surface area contributed by atoms with E-state index < -0.39 is 0 Å². The van der Waals surface area contributed by atoms with E-state index in [-0.39, 0.29) is 17.5 Å². The average molecular weight is 376 g/mol. The first-order chi connectivity index (χ1) is 12.0. The number of Topliss-reactive ketones (excluding diaryl/α,β-unsaturated/α-hetero) is 1. The molecule has 0 fully saturated rings. The summed E-state index contributed by atoms with van der Waals surface area (Å²) in [6.45, 7) is 0. The second-order valence-corrected chi connectivity index (χ2v) is 6.42. The second-order valence-electron chi connectivity index (χ2n) is 4.66. The summed E-state index contributed by atoms with van der Waals surface area (Å²) in [5.41, 5.74) is 6.48. The number of carbonyl (C=O) groups is 1. The molecule has 0 aliphatic carbocycles. The summed E-state index contributed by atoms with van der Waals surface area (Å²) < 4.78 is 10.4. The van der Waals surface area contributed by atoms with Crippen molar-refractivity contribution in [3.05, 3.63) is 29.3 Å². The maximum absolute atomic E-state index is 12.4. The van der Waals surface area contributed by atoms with E-state index in [9.17, 15) is 10.1 Å². The summed E-state index contributed by atoms with van der Waals surface area (Å²) in [7, 11) is 3.04. The van der Waals surface area contributed by atoms with Crippen molar-refractivity contribution in [2.45, 2.75) is 10.1 Å². The summed E-state index contributed by atoms with van der Waals surface area (Å²) in [4.78, 5) is 20.5. The maximum atomic E-state index is 12.4. The van der Waals surface area contributed by atoms with Gasteiger partial charge in [0.2, 0.25) is 5.95 Å². The van der Waals surface area contributed by atoms with Gasteiger partial charge >= 0.3 is 0 Å². The van der Waals surface area contributed by atoms with Crippen molar-refractivity contribution in [1.29, 1.82) is 5.26 Å². The number of ketones is 1. The quantitative estimate of drug-likeness (QED) is 0.443. The number of rotatable bonds is 7. The van der Waals surface area contributed by atoms with Crippen LogP contribution in [0.25, 0.3) is 0 Å². The lowest BCUT2D eigenvalue weighted by atomic mass is 10.1. The van der Waals surface area contributed by atoms with Gasteiger partial charge in [0.15, 0.2) is 17.3 Å². The lowest BCUT2D eigenvalue weighted by molar-refractivity contribution is 0.102. The second kappa shape index (κ2) is 8.60. The van der Waals surface area contributed by atoms with E-state index in [2.05, 4.69) is 16.0 Å². The number of nitrogens with zero attached hydrogens (tertiary/aromatic N) is 3. The van der Waals surface area contributed by atoms with Crippen molar-refractivity contribution in [3.8, 4) is 17.6 Å². The summed E-state index contributed by atoms with van der Waals surface area (Å²) in [6, 6.07) is 7.03. The molecule has 0 atom stereocenters. The number of thioether (sulfide) groups is 2. The predicted molar refractivity (Wildman–Crippen MR) is 97.5 cm³/mol. The maximum Gasteiger partial charge on any atom is 0.222 e. The standard InChI is InChI=1S/C16H16N4O3S2/c1-22-12-5-4-9(6-13(12)23-2)11(21)8-25-15-10(7-17)14(24-3)19-16(18)20-15/h4-6H,8H2,1-3H3,(H2,18,19,20). The van der Waals surface area contributed by atoms with Gasteiger partial charge in [-0.3, -0.25) is 4.79 Å². The predicted octanol–water partition coefficient (Wildman–Crippen LogP) is 2.64. The number of benzene rings is 1. The van der Waals surface area contributed by atoms with Gasteiger partial charge in [-0.15, -0.1) is 11.8 Å². The van der Waals surface area contributed by atoms with E-state index in [0.717, 1.165) is 11.8 Å². The fourth-order valence-corrected chi connectivity index (χ4v) is 3.49. The Morgan fingerprint density at radius 2 is 1.92 bits per heavy atom. The molecule has 0 unspecified atom stereocenters. The zero-order valence-electron chi connectivity index (χ0n) is 13.9. The van der Waals surface area contributed by atoms with Crippen LogP contribution >= 0.6 is 23.5 Å². The molecule has 2 aromatic rings. The largest absolute Gasteiger partial charge is 0.493 e. The molecule has 0 bridgehead atoms. The number of aromatic nitrogens is 2. The molecule has 0 aliphatic rings. The van der Waals surface area contributed by atoms with Crippen LogP contribution in [-0.4, -0.2) is 42.0 Å². The number of anilines is 1. The Labute approximate surface area is 153 Å². The average Bonchev–Trinajstić information content (AvgIpc) is 2.64. The van der Waals surface area contributed by atoms with Crippen molar-refractivity contribution in [1.82, 2.24) is 9.97 Å². The van der Waals surface area contributed by atoms with Crippen LogP contribution in [0.5, 0.6) is 11.5 Å². The number of hydrogen-bond donors (Lipinski definition) is 1. The molecule has 9 heteroatoms. The van der Waals surface area contributed by atoms with Crippen molar-refractivity contribution >= 4 is 35.3 Å². The van der Waals surface area contributed by atoms with Gasteiger partial charge in [0.1, 0.15) is 21.7 Å². The number of nitrogen functional groups attached to an aromatic ring is 1. The minimum Gasteiger partial charge on any atom is -0.493 e. The van der Waals surface area contributed by atoms with Crippen molar-refractivity contribution in [2.24, 2.45) is 0 Å². The van der Waals surface area contributed by atoms with Crippen molar-refractivity contribution in [3.63, 3.8) is 0 Å². The number of nitrogens with two attached hydrogens (primary N) is 1. The van der Waals surface area contributed by atoms with E-state index in [1.54, 1.807) is 24.5 Å². The van der Waals surface area contributed by atoms with Gasteiger partial charge in [-0.1, -0.05) is 11.8 Å². The van der Waals surface area contributed by atoms with E-state index in [1.807, 2.05) is 0 Å². The third-order valence-electron chi connectivity index (χ3n) is 3.21. The van der Waals surface area contributed by atoms with E-state index in [1.165, 1.54) is 26.0 Å². The monoisotopic (exact) mass is 376 g/mol. The highest BCUT2D eigenvalue weighted by atomic mass is 32.2. The molecular formula is C16H16N4O3S2. The van der Waals surface area contributed by atoms with Crippen LogP contribution in [0.4, 0.5) is 5.95 Å². The van der Waals surface area contributed by atoms with Crippen LogP contribution in [0, 0.1) is 11.3 Å². The van der Waals surface area contributed by atoms with Crippen LogP contribution in [0.2, 0.25) is 0 Å². The minimum atomic E-state index is -0.127. The van der Waals surface area contributed by atoms with Crippen LogP contribution in [-0.2, 0) is 0 Å². The fourth-order valence-electron chi connectivity index (χ4n) is 2.01. The molecule has 2 N–H and O–H groups in total. The summed E-state index contributed by atoms with van der Waals surface area (Å²) >= 11 is 2.46. The highest BCUT2D eigenvalue weighted by Crippen LogP contribution is 2.30. The SMILES string of the molecule is COc1ccc(C(=O)CSc2nc(N)nc(SC)c2C#N)cc1OC. The molecule has 130 valence electrons. The van der Waals surface area contributed by atoms with Gasteiger partial charge < -0.3 is 15.2 Å². The zero-order chi connectivity index (χ0) is 18.4. The number of nitriles is 1. The summed E-state index contributed by atoms with van der Waals surface area (Å²) in [6.07, 6.45) is 1.80.